The Labute approximate surface area is 256 Å². The minimum atomic E-state index is -0.0792. The topological polar surface area (TPSA) is 6.48 Å². The van der Waals surface area contributed by atoms with Crippen molar-refractivity contribution in [1.82, 2.24) is 0 Å². The molecule has 1 aliphatic rings. The number of fused-ring (bicyclic) bond motifs is 3. The van der Waals surface area contributed by atoms with Crippen molar-refractivity contribution < 1.29 is 0 Å². The molecule has 1 aliphatic carbocycles. The quantitative estimate of drug-likeness (QED) is 0.186. The molecule has 0 aliphatic heterocycles. The van der Waals surface area contributed by atoms with Crippen molar-refractivity contribution in [2.24, 2.45) is 0 Å². The van der Waals surface area contributed by atoms with E-state index < -0.39 is 0 Å². The second-order valence-corrected chi connectivity index (χ2v) is 12.2. The molecule has 2 nitrogen and oxygen atoms in total. The average Bonchev–Trinajstić information content (AvgIpc) is 3.25. The molecular weight excluding hydrogens is 576 g/mol. The molecule has 0 heterocycles. The molecule has 7 rings (SSSR count). The van der Waals surface area contributed by atoms with Crippen LogP contribution in [0.25, 0.3) is 11.1 Å². The smallest absolute Gasteiger partial charge is 0.0493 e. The molecule has 0 saturated carbocycles. The van der Waals surface area contributed by atoms with Gasteiger partial charge in [-0.2, -0.15) is 0 Å². The number of hydrogen-bond donors (Lipinski definition) is 0. The summed E-state index contributed by atoms with van der Waals surface area (Å²) < 4.78 is 1.02. The normalized spacial score (nSPS) is 12.8. The minimum Gasteiger partial charge on any atom is -0.310 e. The van der Waals surface area contributed by atoms with E-state index in [4.69, 9.17) is 0 Å². The molecule has 0 unspecified atom stereocenters. The second-order valence-electron chi connectivity index (χ2n) is 11.2. The first-order chi connectivity index (χ1) is 20.5. The van der Waals surface area contributed by atoms with Gasteiger partial charge in [-0.15, -0.1) is 0 Å². The number of benzene rings is 6. The van der Waals surface area contributed by atoms with Gasteiger partial charge in [-0.25, -0.2) is 0 Å². The maximum absolute atomic E-state index is 3.87. The summed E-state index contributed by atoms with van der Waals surface area (Å²) >= 11 is 3.87. The maximum Gasteiger partial charge on any atom is 0.0493 e. The lowest BCUT2D eigenvalue weighted by atomic mass is 9.82. The third kappa shape index (κ3) is 4.60. The number of para-hydroxylation sites is 3. The van der Waals surface area contributed by atoms with E-state index in [2.05, 4.69) is 191 Å². The molecule has 6 aromatic carbocycles. The molecule has 6 aromatic rings. The number of halogens is 1. The first kappa shape index (κ1) is 26.3. The molecular formula is C39H31BrN2. The largest absolute Gasteiger partial charge is 0.310 e. The summed E-state index contributed by atoms with van der Waals surface area (Å²) in [5, 5.41) is 0. The average molecular weight is 608 g/mol. The van der Waals surface area contributed by atoms with Crippen molar-refractivity contribution in [2.45, 2.75) is 19.3 Å². The highest BCUT2D eigenvalue weighted by Crippen LogP contribution is 2.51. The lowest BCUT2D eigenvalue weighted by Crippen LogP contribution is -2.17. The maximum atomic E-state index is 3.87. The Morgan fingerprint density at radius 2 is 0.857 bits per heavy atom. The molecule has 0 saturated heterocycles. The Hall–Kier alpha value is -4.60. The summed E-state index contributed by atoms with van der Waals surface area (Å²) in [6.45, 7) is 4.67. The summed E-state index contributed by atoms with van der Waals surface area (Å²) in [7, 11) is 0. The second kappa shape index (κ2) is 10.7. The van der Waals surface area contributed by atoms with E-state index in [1.165, 1.54) is 22.3 Å². The molecule has 3 heteroatoms. The van der Waals surface area contributed by atoms with Crippen LogP contribution in [0, 0.1) is 0 Å². The highest BCUT2D eigenvalue weighted by molar-refractivity contribution is 9.10. The Morgan fingerprint density at radius 3 is 1.40 bits per heavy atom. The summed E-state index contributed by atoms with van der Waals surface area (Å²) in [6, 6.07) is 54.2. The van der Waals surface area contributed by atoms with Crippen molar-refractivity contribution in [1.29, 1.82) is 0 Å². The van der Waals surface area contributed by atoms with E-state index >= 15 is 0 Å². The monoisotopic (exact) mass is 606 g/mol. The van der Waals surface area contributed by atoms with Gasteiger partial charge in [0.25, 0.3) is 0 Å². The van der Waals surface area contributed by atoms with Gasteiger partial charge in [-0.3, -0.25) is 0 Å². The SMILES string of the molecule is CC1(C)c2ccccc2-c2ccc(N(c3ccccc3)c3cc(Br)cc(N(c4ccccc4)c4ccccc4)c3)cc21. The van der Waals surface area contributed by atoms with E-state index in [9.17, 15) is 0 Å². The Balaban J connectivity index is 1.41. The van der Waals surface area contributed by atoms with Crippen molar-refractivity contribution in [2.75, 3.05) is 9.80 Å². The van der Waals surface area contributed by atoms with Crippen LogP contribution >= 0.6 is 15.9 Å². The summed E-state index contributed by atoms with van der Waals surface area (Å²) in [5.41, 5.74) is 11.9. The van der Waals surface area contributed by atoms with Gasteiger partial charge < -0.3 is 9.80 Å². The van der Waals surface area contributed by atoms with E-state index in [0.717, 1.165) is 38.6 Å². The molecule has 0 spiro atoms. The molecule has 0 radical (unpaired) electrons. The summed E-state index contributed by atoms with van der Waals surface area (Å²) in [4.78, 5) is 4.67. The molecule has 42 heavy (non-hydrogen) atoms. The van der Waals surface area contributed by atoms with Gasteiger partial charge in [0.2, 0.25) is 0 Å². The third-order valence-electron chi connectivity index (χ3n) is 8.25. The Kier molecular flexibility index (Phi) is 6.68. The van der Waals surface area contributed by atoms with Gasteiger partial charge in [-0.05, 0) is 89.0 Å². The highest BCUT2D eigenvalue weighted by atomic mass is 79.9. The molecule has 204 valence electrons. The molecule has 0 aromatic heterocycles. The summed E-state index contributed by atoms with van der Waals surface area (Å²) in [5.74, 6) is 0. The molecule has 0 N–H and O–H groups in total. The predicted molar refractivity (Wildman–Crippen MR) is 181 cm³/mol. The van der Waals surface area contributed by atoms with Crippen molar-refractivity contribution in [3.8, 4) is 11.1 Å². The molecule has 0 fully saturated rings. The van der Waals surface area contributed by atoms with Gasteiger partial charge in [-0.1, -0.05) is 115 Å². The molecule has 0 atom stereocenters. The van der Waals surface area contributed by atoms with Crippen LogP contribution in [0.5, 0.6) is 0 Å². The van der Waals surface area contributed by atoms with Crippen molar-refractivity contribution in [3.63, 3.8) is 0 Å². The van der Waals surface area contributed by atoms with Crippen LogP contribution < -0.4 is 9.80 Å². The molecule has 0 amide bonds. The zero-order valence-corrected chi connectivity index (χ0v) is 25.3. The van der Waals surface area contributed by atoms with E-state index in [1.807, 2.05) is 0 Å². The molecule has 0 bridgehead atoms. The minimum absolute atomic E-state index is 0.0792. The number of anilines is 6. The zero-order chi connectivity index (χ0) is 28.7. The first-order valence-corrected chi connectivity index (χ1v) is 15.1. The van der Waals surface area contributed by atoms with Gasteiger partial charge in [0.05, 0.1) is 0 Å². The van der Waals surface area contributed by atoms with Crippen molar-refractivity contribution >= 4 is 50.1 Å². The van der Waals surface area contributed by atoms with E-state index in [-0.39, 0.29) is 5.41 Å². The van der Waals surface area contributed by atoms with Crippen LogP contribution in [-0.4, -0.2) is 0 Å². The van der Waals surface area contributed by atoms with E-state index in [1.54, 1.807) is 0 Å². The van der Waals surface area contributed by atoms with Crippen LogP contribution in [0.2, 0.25) is 0 Å². The predicted octanol–water partition coefficient (Wildman–Crippen LogP) is 11.7. The fraction of sp³-hybridized carbons (Fsp3) is 0.0769. The summed E-state index contributed by atoms with van der Waals surface area (Å²) in [6.07, 6.45) is 0. The Bertz CT molecular complexity index is 1820. The lowest BCUT2D eigenvalue weighted by molar-refractivity contribution is 0.660. The number of nitrogens with zero attached hydrogens (tertiary/aromatic N) is 2. The van der Waals surface area contributed by atoms with Gasteiger partial charge in [0.15, 0.2) is 0 Å². The van der Waals surface area contributed by atoms with Crippen LogP contribution in [0.15, 0.2) is 156 Å². The highest BCUT2D eigenvalue weighted by Gasteiger charge is 2.35. The fourth-order valence-corrected chi connectivity index (χ4v) is 6.74. The van der Waals surface area contributed by atoms with Crippen LogP contribution in [-0.2, 0) is 5.41 Å². The Morgan fingerprint density at radius 1 is 0.405 bits per heavy atom. The first-order valence-electron chi connectivity index (χ1n) is 14.3. The van der Waals surface area contributed by atoms with Gasteiger partial charge in [0.1, 0.15) is 0 Å². The fourth-order valence-electron chi connectivity index (χ4n) is 6.27. The van der Waals surface area contributed by atoms with Crippen LogP contribution in [0.1, 0.15) is 25.0 Å². The van der Waals surface area contributed by atoms with Gasteiger partial charge >= 0.3 is 0 Å². The lowest BCUT2D eigenvalue weighted by Gasteiger charge is -2.30. The standard InChI is InChI=1S/C39H31BrN2/c1-39(2)37-21-13-12-20-35(37)36-23-22-32(27-38(36)39)42(31-18-10-5-11-19-31)34-25-28(40)24-33(26-34)41(29-14-6-3-7-15-29)30-16-8-4-9-17-30/h3-27H,1-2H3. The van der Waals surface area contributed by atoms with Crippen LogP contribution in [0.4, 0.5) is 34.1 Å². The van der Waals surface area contributed by atoms with Crippen molar-refractivity contribution in [3.05, 3.63) is 167 Å². The van der Waals surface area contributed by atoms with E-state index in [0.29, 0.717) is 0 Å². The van der Waals surface area contributed by atoms with Crippen LogP contribution in [0.3, 0.4) is 0 Å². The third-order valence-corrected chi connectivity index (χ3v) is 8.71. The zero-order valence-electron chi connectivity index (χ0n) is 23.7. The number of hydrogen-bond acceptors (Lipinski definition) is 2. The number of rotatable bonds is 6. The van der Waals surface area contributed by atoms with Gasteiger partial charge in [0, 0.05) is 44.0 Å².